The maximum atomic E-state index is 10.8. The van der Waals surface area contributed by atoms with Crippen LogP contribution in [0.2, 0.25) is 0 Å². The minimum atomic E-state index is -3.66. The molecule has 0 fully saturated rings. The molecule has 0 bridgehead atoms. The van der Waals surface area contributed by atoms with Gasteiger partial charge in [0.25, 0.3) is 10.2 Å². The molecule has 0 aliphatic rings. The molecule has 2 rings (SSSR count). The van der Waals surface area contributed by atoms with Gasteiger partial charge in [0, 0.05) is 30.7 Å². The van der Waals surface area contributed by atoms with E-state index in [1.165, 1.54) is 13.3 Å². The SMILES string of the molecule is COc1cc2ncc(C#N)c(NCCCCNS(N)(=O)=O)c2cc1OC. The van der Waals surface area contributed by atoms with Crippen molar-refractivity contribution in [3.63, 3.8) is 0 Å². The lowest BCUT2D eigenvalue weighted by Gasteiger charge is -2.14. The zero-order chi connectivity index (χ0) is 19.2. The summed E-state index contributed by atoms with van der Waals surface area (Å²) in [5, 5.41) is 18.2. The Hall–Kier alpha value is -2.61. The molecule has 0 spiro atoms. The fourth-order valence-corrected chi connectivity index (χ4v) is 2.90. The highest BCUT2D eigenvalue weighted by Gasteiger charge is 2.13. The quantitative estimate of drug-likeness (QED) is 0.554. The Kier molecular flexibility index (Phi) is 6.57. The third-order valence-electron chi connectivity index (χ3n) is 3.70. The summed E-state index contributed by atoms with van der Waals surface area (Å²) in [4.78, 5) is 4.29. The number of nitrogens with two attached hydrogens (primary N) is 1. The van der Waals surface area contributed by atoms with Crippen LogP contribution in [-0.4, -0.2) is 40.7 Å². The van der Waals surface area contributed by atoms with Crippen molar-refractivity contribution >= 4 is 26.8 Å². The zero-order valence-corrected chi connectivity index (χ0v) is 15.4. The minimum absolute atomic E-state index is 0.258. The van der Waals surface area contributed by atoms with Crippen molar-refractivity contribution in [2.24, 2.45) is 5.14 Å². The summed E-state index contributed by atoms with van der Waals surface area (Å²) in [5.41, 5.74) is 1.73. The van der Waals surface area contributed by atoms with E-state index < -0.39 is 10.2 Å². The molecule has 0 aliphatic carbocycles. The third-order valence-corrected chi connectivity index (χ3v) is 4.31. The molecule has 0 amide bonds. The van der Waals surface area contributed by atoms with Crippen LogP contribution in [0.5, 0.6) is 11.5 Å². The largest absolute Gasteiger partial charge is 0.493 e. The zero-order valence-electron chi connectivity index (χ0n) is 14.6. The fraction of sp³-hybridized carbons (Fsp3) is 0.375. The Bertz CT molecular complexity index is 924. The second-order valence-electron chi connectivity index (χ2n) is 5.46. The lowest BCUT2D eigenvalue weighted by Crippen LogP contribution is -2.31. The summed E-state index contributed by atoms with van der Waals surface area (Å²) in [5.74, 6) is 1.09. The van der Waals surface area contributed by atoms with E-state index in [2.05, 4.69) is 21.1 Å². The molecule has 0 radical (unpaired) electrons. The summed E-state index contributed by atoms with van der Waals surface area (Å²) < 4.78 is 34.5. The highest BCUT2D eigenvalue weighted by molar-refractivity contribution is 7.87. The first-order chi connectivity index (χ1) is 12.4. The number of nitrogens with zero attached hydrogens (tertiary/aromatic N) is 2. The van der Waals surface area contributed by atoms with Crippen molar-refractivity contribution in [3.8, 4) is 17.6 Å². The highest BCUT2D eigenvalue weighted by Crippen LogP contribution is 2.35. The molecule has 26 heavy (non-hydrogen) atoms. The van der Waals surface area contributed by atoms with E-state index in [-0.39, 0.29) is 6.54 Å². The average molecular weight is 379 g/mol. The van der Waals surface area contributed by atoms with E-state index >= 15 is 0 Å². The first kappa shape index (κ1) is 19.7. The van der Waals surface area contributed by atoms with Gasteiger partial charge in [-0.2, -0.15) is 13.7 Å². The van der Waals surface area contributed by atoms with Crippen LogP contribution in [0.4, 0.5) is 5.69 Å². The van der Waals surface area contributed by atoms with E-state index in [4.69, 9.17) is 14.6 Å². The normalized spacial score (nSPS) is 11.2. The number of ether oxygens (including phenoxy) is 2. The van der Waals surface area contributed by atoms with E-state index in [0.29, 0.717) is 47.7 Å². The predicted octanol–water partition coefficient (Wildman–Crippen LogP) is 1.11. The summed E-state index contributed by atoms with van der Waals surface area (Å²) in [6, 6.07) is 5.64. The molecule has 1 aromatic heterocycles. The Labute approximate surface area is 152 Å². The van der Waals surface area contributed by atoms with Crippen molar-refractivity contribution in [2.75, 3.05) is 32.6 Å². The van der Waals surface area contributed by atoms with Crippen LogP contribution in [0.15, 0.2) is 18.3 Å². The van der Waals surface area contributed by atoms with Crippen LogP contribution >= 0.6 is 0 Å². The van der Waals surface area contributed by atoms with Crippen LogP contribution in [0, 0.1) is 11.3 Å². The second kappa shape index (κ2) is 8.66. The van der Waals surface area contributed by atoms with E-state index in [1.807, 2.05) is 0 Å². The van der Waals surface area contributed by atoms with Crippen molar-refractivity contribution in [3.05, 3.63) is 23.9 Å². The average Bonchev–Trinajstić information content (AvgIpc) is 2.62. The van der Waals surface area contributed by atoms with E-state index in [0.717, 1.165) is 5.39 Å². The van der Waals surface area contributed by atoms with Gasteiger partial charge >= 0.3 is 0 Å². The van der Waals surface area contributed by atoms with Gasteiger partial charge in [0.2, 0.25) is 0 Å². The highest BCUT2D eigenvalue weighted by atomic mass is 32.2. The number of hydrogen-bond donors (Lipinski definition) is 3. The molecule has 10 heteroatoms. The van der Waals surface area contributed by atoms with Gasteiger partial charge < -0.3 is 14.8 Å². The first-order valence-electron chi connectivity index (χ1n) is 7.85. The first-order valence-corrected chi connectivity index (χ1v) is 9.40. The maximum Gasteiger partial charge on any atom is 0.274 e. The van der Waals surface area contributed by atoms with Crippen LogP contribution in [0.3, 0.4) is 0 Å². The van der Waals surface area contributed by atoms with Crippen molar-refractivity contribution in [1.82, 2.24) is 9.71 Å². The van der Waals surface area contributed by atoms with Crippen LogP contribution < -0.4 is 24.7 Å². The number of aromatic nitrogens is 1. The van der Waals surface area contributed by atoms with Crippen LogP contribution in [0.25, 0.3) is 10.9 Å². The molecule has 0 atom stereocenters. The maximum absolute atomic E-state index is 10.8. The molecule has 0 saturated carbocycles. The summed E-state index contributed by atoms with van der Waals surface area (Å²) >= 11 is 0. The Morgan fingerprint density at radius 3 is 2.46 bits per heavy atom. The summed E-state index contributed by atoms with van der Waals surface area (Å²) in [7, 11) is -0.583. The third kappa shape index (κ3) is 4.95. The molecule has 0 unspecified atom stereocenters. The van der Waals surface area contributed by atoms with Crippen molar-refractivity contribution in [1.29, 1.82) is 5.26 Å². The number of nitriles is 1. The number of fused-ring (bicyclic) bond motifs is 1. The van der Waals surface area contributed by atoms with Gasteiger partial charge in [0.05, 0.1) is 31.0 Å². The molecular weight excluding hydrogens is 358 g/mol. The molecule has 140 valence electrons. The van der Waals surface area contributed by atoms with Gasteiger partial charge in [0.1, 0.15) is 6.07 Å². The van der Waals surface area contributed by atoms with E-state index in [1.54, 1.807) is 19.2 Å². The monoisotopic (exact) mass is 379 g/mol. The molecular formula is C16H21N5O4S. The molecule has 1 aromatic carbocycles. The Morgan fingerprint density at radius 2 is 1.85 bits per heavy atom. The van der Waals surface area contributed by atoms with Gasteiger partial charge in [0.15, 0.2) is 11.5 Å². The number of methoxy groups -OCH3 is 2. The number of unbranched alkanes of at least 4 members (excludes halogenated alkanes) is 1. The molecule has 0 saturated heterocycles. The number of pyridine rings is 1. The number of rotatable bonds is 9. The number of benzene rings is 1. The second-order valence-corrected chi connectivity index (χ2v) is 6.83. The van der Waals surface area contributed by atoms with E-state index in [9.17, 15) is 13.7 Å². The molecule has 2 aromatic rings. The van der Waals surface area contributed by atoms with Crippen molar-refractivity contribution < 1.29 is 17.9 Å². The lowest BCUT2D eigenvalue weighted by atomic mass is 10.1. The number of anilines is 1. The standard InChI is InChI=1S/C16H21N5O4S/c1-24-14-7-12-13(8-15(14)25-2)20-10-11(9-17)16(12)19-5-3-4-6-21-26(18,22)23/h7-8,10,21H,3-6H2,1-2H3,(H,19,20)(H2,18,22,23). The van der Waals surface area contributed by atoms with Crippen LogP contribution in [0.1, 0.15) is 18.4 Å². The number of nitrogens with one attached hydrogen (secondary N) is 2. The van der Waals surface area contributed by atoms with Crippen molar-refractivity contribution in [2.45, 2.75) is 12.8 Å². The Morgan fingerprint density at radius 1 is 1.19 bits per heavy atom. The fourth-order valence-electron chi connectivity index (χ4n) is 2.47. The lowest BCUT2D eigenvalue weighted by molar-refractivity contribution is 0.356. The topological polar surface area (TPSA) is 139 Å². The number of hydrogen-bond acceptors (Lipinski definition) is 7. The smallest absolute Gasteiger partial charge is 0.274 e. The molecule has 4 N–H and O–H groups in total. The molecule has 0 aliphatic heterocycles. The minimum Gasteiger partial charge on any atom is -0.493 e. The van der Waals surface area contributed by atoms with Gasteiger partial charge in [-0.25, -0.2) is 9.86 Å². The molecule has 9 nitrogen and oxygen atoms in total. The summed E-state index contributed by atoms with van der Waals surface area (Å²) in [6.45, 7) is 0.808. The van der Waals surface area contributed by atoms with Crippen LogP contribution in [-0.2, 0) is 10.2 Å². The van der Waals surface area contributed by atoms with Gasteiger partial charge in [-0.1, -0.05) is 0 Å². The molecule has 1 heterocycles. The Balaban J connectivity index is 2.18. The summed E-state index contributed by atoms with van der Waals surface area (Å²) in [6.07, 6.45) is 2.79. The van der Waals surface area contributed by atoms with Gasteiger partial charge in [-0.3, -0.25) is 4.98 Å². The predicted molar refractivity (Wildman–Crippen MR) is 98.4 cm³/mol. The van der Waals surface area contributed by atoms with Gasteiger partial charge in [-0.15, -0.1) is 0 Å². The van der Waals surface area contributed by atoms with Gasteiger partial charge in [-0.05, 0) is 18.9 Å².